The maximum atomic E-state index is 7.30. The summed E-state index contributed by atoms with van der Waals surface area (Å²) in [5, 5.41) is 0. The third-order valence-corrected chi connectivity index (χ3v) is 16.5. The third kappa shape index (κ3) is 3.88. The third-order valence-electron chi connectivity index (χ3n) is 16.5. The summed E-state index contributed by atoms with van der Waals surface area (Å²) in [6.07, 6.45) is 27.5. The summed E-state index contributed by atoms with van der Waals surface area (Å²) in [5.74, 6) is 10.8. The molecule has 14 rings (SSSR count). The molecule has 1 aromatic rings. The van der Waals surface area contributed by atoms with E-state index in [1.165, 1.54) is 102 Å². The Hall–Kier alpha value is -1.02. The van der Waals surface area contributed by atoms with Crippen molar-refractivity contribution in [2.75, 3.05) is 13.2 Å². The van der Waals surface area contributed by atoms with Crippen LogP contribution in [0.1, 0.15) is 158 Å². The number of hydrogen-bond donors (Lipinski definition) is 0. The molecule has 0 amide bonds. The van der Waals surface area contributed by atoms with E-state index >= 15 is 0 Å². The number of rotatable bonds is 7. The predicted octanol–water partition coefficient (Wildman–Crippen LogP) is 9.99. The predicted molar refractivity (Wildman–Crippen MR) is 175 cm³/mol. The second kappa shape index (κ2) is 9.11. The van der Waals surface area contributed by atoms with Crippen molar-refractivity contribution < 1.29 is 9.47 Å². The van der Waals surface area contributed by atoms with E-state index in [0.717, 1.165) is 66.5 Å². The molecule has 12 bridgehead atoms. The van der Waals surface area contributed by atoms with Crippen molar-refractivity contribution >= 4 is 0 Å². The quantitative estimate of drug-likeness (QED) is 0.293. The van der Waals surface area contributed by atoms with Crippen LogP contribution < -0.4 is 4.74 Å². The topological polar surface area (TPSA) is 21.8 Å². The van der Waals surface area contributed by atoms with Crippen LogP contribution >= 0.6 is 0 Å². The van der Waals surface area contributed by atoms with Crippen LogP contribution in [-0.2, 0) is 21.0 Å². The maximum Gasteiger partial charge on any atom is 0.126 e. The molecule has 12 aliphatic carbocycles. The molecule has 0 spiro atoms. The molecule has 0 aromatic heterocycles. The molecule has 2 heteroatoms. The molecule has 1 saturated heterocycles. The lowest BCUT2D eigenvalue weighted by Crippen LogP contribution is -2.53. The molecule has 12 saturated carbocycles. The van der Waals surface area contributed by atoms with Crippen LogP contribution in [0.3, 0.4) is 0 Å². The van der Waals surface area contributed by atoms with Gasteiger partial charge in [0.05, 0.1) is 6.61 Å². The highest BCUT2D eigenvalue weighted by Crippen LogP contribution is 2.69. The molecule has 2 nitrogen and oxygen atoms in total. The second-order valence-electron chi connectivity index (χ2n) is 20.1. The minimum Gasteiger partial charge on any atom is -0.490 e. The Bertz CT molecular complexity index is 1260. The van der Waals surface area contributed by atoms with Crippen molar-refractivity contribution in [3.05, 3.63) is 28.3 Å². The summed E-state index contributed by atoms with van der Waals surface area (Å²) in [4.78, 5) is 0. The van der Waals surface area contributed by atoms with Gasteiger partial charge in [0.15, 0.2) is 0 Å². The van der Waals surface area contributed by atoms with E-state index in [0.29, 0.717) is 28.3 Å². The van der Waals surface area contributed by atoms with Crippen molar-refractivity contribution in [1.29, 1.82) is 0 Å². The Morgan fingerprint density at radius 1 is 0.591 bits per heavy atom. The lowest BCUT2D eigenvalue weighted by Gasteiger charge is -2.62. The first-order valence-electron chi connectivity index (χ1n) is 19.8. The fourth-order valence-corrected chi connectivity index (χ4v) is 16.4. The van der Waals surface area contributed by atoms with E-state index in [9.17, 15) is 0 Å². The van der Waals surface area contributed by atoms with Gasteiger partial charge in [0.1, 0.15) is 18.5 Å². The first-order valence-corrected chi connectivity index (χ1v) is 19.8. The molecule has 238 valence electrons. The number of hydrogen-bond acceptors (Lipinski definition) is 2. The van der Waals surface area contributed by atoms with Gasteiger partial charge in [-0.15, -0.1) is 0 Å². The Labute approximate surface area is 267 Å². The van der Waals surface area contributed by atoms with E-state index in [4.69, 9.17) is 9.47 Å². The number of benzene rings is 1. The lowest BCUT2D eigenvalue weighted by atomic mass is 9.42. The maximum absolute atomic E-state index is 7.30. The monoisotopic (exact) mass is 594 g/mol. The Morgan fingerprint density at radius 3 is 1.32 bits per heavy atom. The Morgan fingerprint density at radius 2 is 0.955 bits per heavy atom. The van der Waals surface area contributed by atoms with Crippen LogP contribution in [0.2, 0.25) is 0 Å². The van der Waals surface area contributed by atoms with Crippen LogP contribution in [0.5, 0.6) is 5.75 Å². The highest BCUT2D eigenvalue weighted by molar-refractivity contribution is 5.61. The lowest BCUT2D eigenvalue weighted by molar-refractivity contribution is -0.0192. The van der Waals surface area contributed by atoms with E-state index in [2.05, 4.69) is 19.9 Å². The van der Waals surface area contributed by atoms with E-state index in [1.807, 2.05) is 11.1 Å². The summed E-state index contributed by atoms with van der Waals surface area (Å²) in [6.45, 7) is 6.80. The SMILES string of the molecule is CC(C)c1c(OCC2CO2)c(C23CC4CC(CC(C4)C2)C3)cc(C23CC4CC(CC(C4)C2)C3)c1C12CC3CC(CC(C3)C1)C2. The number of ether oxygens (including phenoxy) is 2. The molecule has 13 aliphatic rings. The largest absolute Gasteiger partial charge is 0.490 e. The van der Waals surface area contributed by atoms with Crippen molar-refractivity contribution in [2.24, 2.45) is 53.3 Å². The fraction of sp³-hybridized carbons (Fsp3) is 0.857. The van der Waals surface area contributed by atoms with Gasteiger partial charge in [-0.25, -0.2) is 0 Å². The molecule has 0 N–H and O–H groups in total. The molecule has 0 radical (unpaired) electrons. The van der Waals surface area contributed by atoms with Gasteiger partial charge in [-0.1, -0.05) is 19.9 Å². The van der Waals surface area contributed by atoms with E-state index in [-0.39, 0.29) is 0 Å². The van der Waals surface area contributed by atoms with Crippen molar-refractivity contribution in [3.63, 3.8) is 0 Å². The van der Waals surface area contributed by atoms with Gasteiger partial charge in [-0.3, -0.25) is 0 Å². The van der Waals surface area contributed by atoms with Crippen LogP contribution in [0.4, 0.5) is 0 Å². The smallest absolute Gasteiger partial charge is 0.126 e. The van der Waals surface area contributed by atoms with Gasteiger partial charge in [-0.05, 0) is 202 Å². The molecular formula is C42H58O2. The summed E-state index contributed by atoms with van der Waals surface area (Å²) < 4.78 is 13.1. The van der Waals surface area contributed by atoms with Gasteiger partial charge in [0, 0.05) is 11.1 Å². The molecular weight excluding hydrogens is 536 g/mol. The molecule has 13 fully saturated rings. The molecule has 1 unspecified atom stereocenters. The van der Waals surface area contributed by atoms with Crippen LogP contribution in [0.25, 0.3) is 0 Å². The summed E-state index contributed by atoms with van der Waals surface area (Å²) in [7, 11) is 0. The molecule has 1 heterocycles. The molecule has 44 heavy (non-hydrogen) atoms. The van der Waals surface area contributed by atoms with Gasteiger partial charge >= 0.3 is 0 Å². The zero-order valence-electron chi connectivity index (χ0n) is 27.9. The van der Waals surface area contributed by atoms with Crippen molar-refractivity contribution in [2.45, 2.75) is 158 Å². The molecule has 1 aromatic carbocycles. The Balaban J connectivity index is 1.17. The number of epoxide rings is 1. The fourth-order valence-electron chi connectivity index (χ4n) is 16.4. The zero-order valence-corrected chi connectivity index (χ0v) is 27.9. The van der Waals surface area contributed by atoms with Gasteiger partial charge < -0.3 is 9.47 Å². The highest BCUT2D eigenvalue weighted by atomic mass is 16.6. The van der Waals surface area contributed by atoms with E-state index in [1.54, 1.807) is 30.4 Å². The van der Waals surface area contributed by atoms with Crippen molar-refractivity contribution in [1.82, 2.24) is 0 Å². The summed E-state index contributed by atoms with van der Waals surface area (Å²) in [5.41, 5.74) is 8.58. The molecule has 1 atom stereocenters. The van der Waals surface area contributed by atoms with Gasteiger partial charge in [0.25, 0.3) is 0 Å². The van der Waals surface area contributed by atoms with E-state index < -0.39 is 0 Å². The van der Waals surface area contributed by atoms with Gasteiger partial charge in [-0.2, -0.15) is 0 Å². The normalized spacial score (nSPS) is 52.0. The first-order chi connectivity index (χ1) is 21.3. The minimum absolute atomic E-state index is 0.324. The first kappa shape index (κ1) is 27.0. The highest BCUT2D eigenvalue weighted by Gasteiger charge is 2.59. The Kier molecular flexibility index (Phi) is 5.59. The average Bonchev–Trinajstić information content (AvgIpc) is 3.78. The van der Waals surface area contributed by atoms with Crippen molar-refractivity contribution in [3.8, 4) is 5.75 Å². The summed E-state index contributed by atoms with van der Waals surface area (Å²) in [6, 6.07) is 3.00. The van der Waals surface area contributed by atoms with Crippen LogP contribution in [0.15, 0.2) is 6.07 Å². The standard InChI is InChI=1S/C42H58O2/c1-24(2)37-38(42-19-31-9-32(20-42)11-33(10-31)21-42)35(40-13-25-3-26(14-40)5-27(4-25)15-40)12-36(39(37)44-23-34-22-43-34)41-16-28-6-29(17-41)8-30(7-28)18-41/h12,24-34H,3-11,13-23H2,1-2H3. The van der Waals surface area contributed by atoms with Crippen LogP contribution in [-0.4, -0.2) is 19.3 Å². The average molecular weight is 595 g/mol. The summed E-state index contributed by atoms with van der Waals surface area (Å²) >= 11 is 0. The zero-order chi connectivity index (χ0) is 29.0. The minimum atomic E-state index is 0.324. The van der Waals surface area contributed by atoms with Crippen LogP contribution in [0, 0.1) is 53.3 Å². The second-order valence-corrected chi connectivity index (χ2v) is 20.1. The van der Waals surface area contributed by atoms with Gasteiger partial charge in [0.2, 0.25) is 0 Å². The molecule has 1 aliphatic heterocycles.